The molecule has 9 heteroatoms. The van der Waals surface area contributed by atoms with Crippen LogP contribution in [0.5, 0.6) is 11.6 Å². The van der Waals surface area contributed by atoms with Crippen LogP contribution in [0.25, 0.3) is 22.6 Å². The molecule has 36 heavy (non-hydrogen) atoms. The number of rotatable bonds is 10. The van der Waals surface area contributed by atoms with Crippen LogP contribution in [0, 0.1) is 0 Å². The molecule has 1 saturated carbocycles. The zero-order chi connectivity index (χ0) is 25.1. The van der Waals surface area contributed by atoms with Crippen molar-refractivity contribution in [3.8, 4) is 23.0 Å². The van der Waals surface area contributed by atoms with Gasteiger partial charge in [-0.2, -0.15) is 4.98 Å². The third-order valence-electron chi connectivity index (χ3n) is 6.12. The number of halogens is 1. The summed E-state index contributed by atoms with van der Waals surface area (Å²) in [6, 6.07) is 15.7. The number of amides is 1. The number of nitrogens with zero attached hydrogens (tertiary/aromatic N) is 4. The highest BCUT2D eigenvalue weighted by Crippen LogP contribution is 2.41. The molecular weight excluding hydrogens is 478 g/mol. The summed E-state index contributed by atoms with van der Waals surface area (Å²) in [7, 11) is 0. The highest BCUT2D eigenvalue weighted by atomic mass is 35.5. The van der Waals surface area contributed by atoms with Crippen LogP contribution in [-0.2, 0) is 11.3 Å². The van der Waals surface area contributed by atoms with Gasteiger partial charge >= 0.3 is 0 Å². The fourth-order valence-corrected chi connectivity index (χ4v) is 4.17. The lowest BCUT2D eigenvalue weighted by molar-refractivity contribution is -0.118. The molecule has 0 atom stereocenters. The number of aromatic nitrogens is 4. The van der Waals surface area contributed by atoms with E-state index in [9.17, 15) is 4.79 Å². The van der Waals surface area contributed by atoms with Gasteiger partial charge in [-0.3, -0.25) is 4.79 Å². The average molecular weight is 506 g/mol. The van der Waals surface area contributed by atoms with Crippen molar-refractivity contribution in [3.63, 3.8) is 0 Å². The maximum Gasteiger partial charge on any atom is 0.245 e. The lowest BCUT2D eigenvalue weighted by Crippen LogP contribution is -2.22. The molecule has 0 spiro atoms. The molecular formula is C27H28ClN5O3. The Hall–Kier alpha value is -3.65. The van der Waals surface area contributed by atoms with Gasteiger partial charge in [-0.05, 0) is 49.9 Å². The molecule has 8 nitrogen and oxygen atoms in total. The van der Waals surface area contributed by atoms with Gasteiger partial charge in [0.2, 0.25) is 11.8 Å². The van der Waals surface area contributed by atoms with Crippen molar-refractivity contribution in [2.75, 3.05) is 13.2 Å². The van der Waals surface area contributed by atoms with Crippen LogP contribution < -0.4 is 14.8 Å². The van der Waals surface area contributed by atoms with Crippen LogP contribution in [0.15, 0.2) is 54.9 Å². The molecule has 4 aromatic rings. The molecule has 1 amide bonds. The van der Waals surface area contributed by atoms with E-state index < -0.39 is 0 Å². The van der Waals surface area contributed by atoms with Gasteiger partial charge in [0.25, 0.3) is 0 Å². The first-order chi connectivity index (χ1) is 17.4. The molecule has 1 fully saturated rings. The van der Waals surface area contributed by atoms with Crippen LogP contribution in [0.2, 0.25) is 5.02 Å². The molecule has 0 unspecified atom stereocenters. The van der Waals surface area contributed by atoms with Gasteiger partial charge in [0.15, 0.2) is 11.2 Å². The highest BCUT2D eigenvalue weighted by Gasteiger charge is 2.41. The third kappa shape index (κ3) is 5.44. The minimum absolute atomic E-state index is 0.0507. The Morgan fingerprint density at radius 2 is 1.97 bits per heavy atom. The number of imidazole rings is 1. The lowest BCUT2D eigenvalue weighted by atomic mass is 10.2. The number of hydrogen-bond donors (Lipinski definition) is 1. The summed E-state index contributed by atoms with van der Waals surface area (Å²) in [6.45, 7) is 5.18. The largest absolute Gasteiger partial charge is 0.493 e. The highest BCUT2D eigenvalue weighted by molar-refractivity contribution is 6.33. The van der Waals surface area contributed by atoms with Crippen molar-refractivity contribution in [2.45, 2.75) is 45.3 Å². The molecule has 2 aromatic carbocycles. The summed E-state index contributed by atoms with van der Waals surface area (Å²) in [5, 5.41) is 3.27. The summed E-state index contributed by atoms with van der Waals surface area (Å²) in [6.07, 6.45) is 4.21. The van der Waals surface area contributed by atoms with Gasteiger partial charge in [0, 0.05) is 19.0 Å². The molecule has 1 aliphatic rings. The second-order valence-corrected chi connectivity index (χ2v) is 9.64. The first-order valence-corrected chi connectivity index (χ1v) is 12.4. The zero-order valence-electron chi connectivity index (χ0n) is 20.3. The smallest absolute Gasteiger partial charge is 0.245 e. The second-order valence-electron chi connectivity index (χ2n) is 9.24. The first-order valence-electron chi connectivity index (χ1n) is 12.0. The van der Waals surface area contributed by atoms with E-state index in [2.05, 4.69) is 34.3 Å². The number of hydrogen-bond acceptors (Lipinski definition) is 6. The molecule has 0 radical (unpaired) electrons. The molecule has 2 heterocycles. The van der Waals surface area contributed by atoms with Crippen molar-refractivity contribution in [3.05, 3.63) is 65.4 Å². The van der Waals surface area contributed by atoms with E-state index in [-0.39, 0.29) is 11.5 Å². The summed E-state index contributed by atoms with van der Waals surface area (Å²) in [4.78, 5) is 24.9. The number of carbonyl (C=O) groups is 1. The predicted molar refractivity (Wildman–Crippen MR) is 138 cm³/mol. The normalized spacial score (nSPS) is 14.0. The van der Waals surface area contributed by atoms with Crippen LogP contribution in [0.4, 0.5) is 0 Å². The first kappa shape index (κ1) is 24.1. The minimum atomic E-state index is -0.193. The molecule has 186 valence electrons. The van der Waals surface area contributed by atoms with E-state index in [1.165, 1.54) is 13.3 Å². The Morgan fingerprint density at radius 1 is 1.17 bits per heavy atom. The maximum absolute atomic E-state index is 11.0. The van der Waals surface area contributed by atoms with Gasteiger partial charge in [-0.1, -0.05) is 41.9 Å². The van der Waals surface area contributed by atoms with Crippen molar-refractivity contribution < 1.29 is 14.3 Å². The number of nitrogens with one attached hydrogen (secondary N) is 1. The standard InChI is InChI=1S/C27H28ClN5O3/c1-18(34)29-13-6-14-35-20-9-10-21(22(28)15-20)24-32-23-25(33(24)16-19-7-4-3-5-8-19)30-17-31-26(23)36-27(2)11-12-27/h3-5,7-10,15,17H,6,11-14,16H2,1-2H3,(H,29,34). The summed E-state index contributed by atoms with van der Waals surface area (Å²) >= 11 is 6.75. The Balaban J connectivity index is 1.47. The van der Waals surface area contributed by atoms with Gasteiger partial charge in [-0.25, -0.2) is 9.97 Å². The molecule has 5 rings (SSSR count). The van der Waals surface area contributed by atoms with Crippen molar-refractivity contribution in [1.82, 2.24) is 24.8 Å². The zero-order valence-corrected chi connectivity index (χ0v) is 21.1. The second kappa shape index (κ2) is 10.1. The van der Waals surface area contributed by atoms with E-state index in [1.54, 1.807) is 6.07 Å². The van der Waals surface area contributed by atoms with Crippen LogP contribution in [-0.4, -0.2) is 44.2 Å². The molecule has 0 aliphatic heterocycles. The summed E-state index contributed by atoms with van der Waals surface area (Å²) in [5.41, 5.74) is 2.99. The van der Waals surface area contributed by atoms with Gasteiger partial charge < -0.3 is 19.4 Å². The number of ether oxygens (including phenoxy) is 2. The number of fused-ring (bicyclic) bond motifs is 1. The Labute approximate surface area is 214 Å². The molecule has 0 bridgehead atoms. The Kier molecular flexibility index (Phi) is 6.78. The number of carbonyl (C=O) groups excluding carboxylic acids is 1. The molecule has 1 N–H and O–H groups in total. The third-order valence-corrected chi connectivity index (χ3v) is 6.44. The monoisotopic (exact) mass is 505 g/mol. The van der Waals surface area contributed by atoms with E-state index in [0.29, 0.717) is 59.8 Å². The van der Waals surface area contributed by atoms with E-state index >= 15 is 0 Å². The van der Waals surface area contributed by atoms with Crippen LogP contribution >= 0.6 is 11.6 Å². The van der Waals surface area contributed by atoms with E-state index in [0.717, 1.165) is 24.0 Å². The summed E-state index contributed by atoms with van der Waals surface area (Å²) < 4.78 is 14.1. The maximum atomic E-state index is 11.0. The van der Waals surface area contributed by atoms with Crippen molar-refractivity contribution in [2.24, 2.45) is 0 Å². The van der Waals surface area contributed by atoms with Crippen LogP contribution in [0.3, 0.4) is 0 Å². The van der Waals surface area contributed by atoms with E-state index in [4.69, 9.17) is 26.1 Å². The van der Waals surface area contributed by atoms with E-state index in [1.807, 2.05) is 34.9 Å². The van der Waals surface area contributed by atoms with Crippen LogP contribution in [0.1, 0.15) is 38.7 Å². The molecule has 1 aliphatic carbocycles. The van der Waals surface area contributed by atoms with Gasteiger partial charge in [-0.15, -0.1) is 0 Å². The van der Waals surface area contributed by atoms with Gasteiger partial charge in [0.05, 0.1) is 18.2 Å². The Bertz CT molecular complexity index is 1390. The quantitative estimate of drug-likeness (QED) is 0.304. The fraction of sp³-hybridized carbons (Fsp3) is 0.333. The molecule has 0 saturated heterocycles. The topological polar surface area (TPSA) is 91.2 Å². The summed E-state index contributed by atoms with van der Waals surface area (Å²) in [5.74, 6) is 1.78. The Morgan fingerprint density at radius 3 is 2.69 bits per heavy atom. The SMILES string of the molecule is CC(=O)NCCCOc1ccc(-c2nc3c(OC4(C)CC4)ncnc3n2Cc2ccccc2)c(Cl)c1. The van der Waals surface area contributed by atoms with Crippen molar-refractivity contribution in [1.29, 1.82) is 0 Å². The molecule has 2 aromatic heterocycles. The fourth-order valence-electron chi connectivity index (χ4n) is 3.92. The predicted octanol–water partition coefficient (Wildman–Crippen LogP) is 5.03. The average Bonchev–Trinajstić information content (AvgIpc) is 3.47. The lowest BCUT2D eigenvalue weighted by Gasteiger charge is -2.12. The van der Waals surface area contributed by atoms with Gasteiger partial charge in [0.1, 0.15) is 23.5 Å². The number of benzene rings is 2. The minimum Gasteiger partial charge on any atom is -0.493 e. The van der Waals surface area contributed by atoms with Crippen molar-refractivity contribution >= 4 is 28.7 Å².